The van der Waals surface area contributed by atoms with Crippen LogP contribution in [0.1, 0.15) is 49.3 Å². The number of pyridine rings is 1. The largest absolute Gasteiger partial charge is 0.618 e. The van der Waals surface area contributed by atoms with E-state index in [1.165, 1.54) is 31.4 Å². The maximum Gasteiger partial charge on any atom is 0.411 e. The van der Waals surface area contributed by atoms with E-state index < -0.39 is 24.4 Å². The minimum Gasteiger partial charge on any atom is -0.618 e. The second kappa shape index (κ2) is 12.7. The number of hydrogen-bond acceptors (Lipinski definition) is 6. The summed E-state index contributed by atoms with van der Waals surface area (Å²) in [6.07, 6.45) is 1.63. The molecule has 13 heteroatoms. The van der Waals surface area contributed by atoms with Crippen molar-refractivity contribution in [3.8, 4) is 28.1 Å². The van der Waals surface area contributed by atoms with Crippen molar-refractivity contribution in [1.82, 2.24) is 9.97 Å². The molecule has 0 saturated carbocycles. The molecule has 44 heavy (non-hydrogen) atoms. The van der Waals surface area contributed by atoms with Crippen LogP contribution in [0.5, 0.6) is 5.75 Å². The molecule has 230 valence electrons. The van der Waals surface area contributed by atoms with Crippen LogP contribution in [-0.2, 0) is 9.53 Å². The van der Waals surface area contributed by atoms with Crippen LogP contribution in [-0.4, -0.2) is 35.7 Å². The van der Waals surface area contributed by atoms with Crippen molar-refractivity contribution in [2.24, 2.45) is 5.92 Å². The predicted molar refractivity (Wildman–Crippen MR) is 156 cm³/mol. The van der Waals surface area contributed by atoms with E-state index in [1.54, 1.807) is 18.2 Å². The van der Waals surface area contributed by atoms with Crippen LogP contribution in [0, 0.1) is 23.9 Å². The lowest BCUT2D eigenvalue weighted by atomic mass is 9.88. The molecule has 2 atom stereocenters. The van der Waals surface area contributed by atoms with Gasteiger partial charge in [-0.25, -0.2) is 14.2 Å². The van der Waals surface area contributed by atoms with Gasteiger partial charge in [-0.2, -0.15) is 13.5 Å². The number of imidazole rings is 1. The molecule has 0 spiro atoms. The number of amides is 2. The topological polar surface area (TPSA) is 132 Å². The molecule has 3 N–H and O–H groups in total. The van der Waals surface area contributed by atoms with E-state index in [-0.39, 0.29) is 35.1 Å². The summed E-state index contributed by atoms with van der Waals surface area (Å²) in [6.45, 7) is 0.604. The van der Waals surface area contributed by atoms with E-state index in [9.17, 15) is 28.0 Å². The van der Waals surface area contributed by atoms with Crippen LogP contribution in [0.15, 0.2) is 54.7 Å². The van der Waals surface area contributed by atoms with Gasteiger partial charge in [-0.1, -0.05) is 13.0 Å². The third-order valence-electron chi connectivity index (χ3n) is 7.50. The van der Waals surface area contributed by atoms with Crippen molar-refractivity contribution < 1.29 is 37.0 Å². The molecule has 0 fully saturated rings. The van der Waals surface area contributed by atoms with Gasteiger partial charge in [-0.05, 0) is 62.1 Å². The third-order valence-corrected chi connectivity index (χ3v) is 7.50. The lowest BCUT2D eigenvalue weighted by molar-refractivity contribution is -0.614. The van der Waals surface area contributed by atoms with Crippen molar-refractivity contribution >= 4 is 23.4 Å². The molecule has 1 aliphatic heterocycles. The zero-order chi connectivity index (χ0) is 31.5. The lowest BCUT2D eigenvalue weighted by Crippen LogP contribution is -2.34. The second-order valence-corrected chi connectivity index (χ2v) is 10.6. The van der Waals surface area contributed by atoms with Gasteiger partial charge in [0.15, 0.2) is 6.20 Å². The molecule has 1 aliphatic rings. The number of rotatable bonds is 5. The average Bonchev–Trinajstić information content (AvgIpc) is 3.35. The SMILES string of the molecule is COC(=O)Nc1ccc2c(c1)NC(=O)CC[C@@H](C)C[C@H](c1ccc(-c3c(F)cccc3OC(F)F)c[n+]1[O-])c1nc-2c(C)[nH]1. The highest BCUT2D eigenvalue weighted by molar-refractivity contribution is 5.97. The van der Waals surface area contributed by atoms with Crippen LogP contribution in [0.25, 0.3) is 22.4 Å². The maximum atomic E-state index is 14.8. The summed E-state index contributed by atoms with van der Waals surface area (Å²) in [4.78, 5) is 32.9. The number of hydrogen-bond donors (Lipinski definition) is 3. The van der Waals surface area contributed by atoms with Crippen molar-refractivity contribution in [2.75, 3.05) is 17.7 Å². The lowest BCUT2D eigenvalue weighted by Gasteiger charge is -2.20. The second-order valence-electron chi connectivity index (χ2n) is 10.6. The molecule has 2 bridgehead atoms. The summed E-state index contributed by atoms with van der Waals surface area (Å²) in [6, 6.07) is 11.5. The van der Waals surface area contributed by atoms with Crippen molar-refractivity contribution in [1.29, 1.82) is 0 Å². The minimum absolute atomic E-state index is 0.0249. The highest BCUT2D eigenvalue weighted by Gasteiger charge is 2.30. The smallest absolute Gasteiger partial charge is 0.411 e. The summed E-state index contributed by atoms with van der Waals surface area (Å²) in [5, 5.41) is 19.0. The van der Waals surface area contributed by atoms with Crippen LogP contribution in [0.3, 0.4) is 0 Å². The summed E-state index contributed by atoms with van der Waals surface area (Å²) >= 11 is 0. The Balaban J connectivity index is 1.58. The molecule has 3 heterocycles. The van der Waals surface area contributed by atoms with Gasteiger partial charge in [-0.15, -0.1) is 0 Å². The first kappa shape index (κ1) is 30.4. The molecule has 0 unspecified atom stereocenters. The number of benzene rings is 2. The average molecular weight is 610 g/mol. The summed E-state index contributed by atoms with van der Waals surface area (Å²) < 4.78 is 50.5. The Morgan fingerprint density at radius 2 is 2.00 bits per heavy atom. The summed E-state index contributed by atoms with van der Waals surface area (Å²) in [7, 11) is 1.25. The van der Waals surface area contributed by atoms with Crippen LogP contribution < -0.4 is 20.1 Å². The minimum atomic E-state index is -3.17. The molecule has 0 radical (unpaired) electrons. The quantitative estimate of drug-likeness (QED) is 0.175. The Morgan fingerprint density at radius 1 is 1.20 bits per heavy atom. The third kappa shape index (κ3) is 6.46. The van der Waals surface area contributed by atoms with E-state index in [0.717, 1.165) is 12.3 Å². The normalized spacial score (nSPS) is 16.8. The van der Waals surface area contributed by atoms with E-state index in [4.69, 9.17) is 4.98 Å². The van der Waals surface area contributed by atoms with Gasteiger partial charge in [0.05, 0.1) is 29.6 Å². The standard InChI is InChI=1S/C31H30F3N5O5/c1-16-7-12-26(40)37-23-14-19(36-31(41)43-3)9-10-20(23)28-17(2)35-29(38-28)21(13-16)24-11-8-18(15-39(24)42)27-22(32)5-4-6-25(27)44-30(33)34/h4-6,8-11,14-16,21,30H,7,12-13H2,1-3H3,(H,35,38)(H,36,41)(H,37,40)/t16-,21-/m1/s1. The molecular formula is C31H30F3N5O5. The highest BCUT2D eigenvalue weighted by atomic mass is 19.3. The van der Waals surface area contributed by atoms with Gasteiger partial charge < -0.3 is 25.0 Å². The van der Waals surface area contributed by atoms with E-state index in [1.807, 2.05) is 13.8 Å². The van der Waals surface area contributed by atoms with Crippen molar-refractivity contribution in [3.63, 3.8) is 0 Å². The number of methoxy groups -OCH3 is 1. The Labute approximate surface area is 250 Å². The number of alkyl halides is 2. The molecular weight excluding hydrogens is 579 g/mol. The number of ether oxygens (including phenoxy) is 2. The number of nitrogens with one attached hydrogen (secondary N) is 3. The number of carbonyl (C=O) groups excluding carboxylic acids is 2. The predicted octanol–water partition coefficient (Wildman–Crippen LogP) is 6.49. The van der Waals surface area contributed by atoms with Gasteiger partial charge >= 0.3 is 12.7 Å². The Kier molecular flexibility index (Phi) is 8.74. The van der Waals surface area contributed by atoms with E-state index in [2.05, 4.69) is 25.1 Å². The molecule has 5 rings (SSSR count). The van der Waals surface area contributed by atoms with Crippen LogP contribution in [0.4, 0.5) is 29.3 Å². The first-order valence-corrected chi connectivity index (χ1v) is 13.9. The van der Waals surface area contributed by atoms with E-state index >= 15 is 0 Å². The molecule has 0 saturated heterocycles. The van der Waals surface area contributed by atoms with Gasteiger partial charge in [0.2, 0.25) is 11.6 Å². The Hall–Kier alpha value is -5.07. The highest BCUT2D eigenvalue weighted by Crippen LogP contribution is 2.38. The van der Waals surface area contributed by atoms with Crippen molar-refractivity contribution in [2.45, 2.75) is 45.6 Å². The number of fused-ring (bicyclic) bond motifs is 4. The number of halogens is 3. The summed E-state index contributed by atoms with van der Waals surface area (Å²) in [5.74, 6) is -1.50. The molecule has 0 aliphatic carbocycles. The first-order chi connectivity index (χ1) is 21.0. The number of nitrogens with zero attached hydrogens (tertiary/aromatic N) is 2. The molecule has 10 nitrogen and oxygen atoms in total. The molecule has 2 amide bonds. The Morgan fingerprint density at radius 3 is 2.73 bits per heavy atom. The zero-order valence-electron chi connectivity index (χ0n) is 24.1. The van der Waals surface area contributed by atoms with Gasteiger partial charge in [0.25, 0.3) is 0 Å². The van der Waals surface area contributed by atoms with Gasteiger partial charge in [0.1, 0.15) is 23.3 Å². The van der Waals surface area contributed by atoms with E-state index in [0.29, 0.717) is 57.4 Å². The van der Waals surface area contributed by atoms with Crippen LogP contribution in [0.2, 0.25) is 0 Å². The van der Waals surface area contributed by atoms with Gasteiger partial charge in [0, 0.05) is 29.4 Å². The first-order valence-electron chi connectivity index (χ1n) is 13.9. The number of carbonyl (C=O) groups is 2. The fourth-order valence-electron chi connectivity index (χ4n) is 5.38. The Bertz CT molecular complexity index is 1710. The number of aryl methyl sites for hydroxylation is 1. The molecule has 4 aromatic rings. The zero-order valence-corrected chi connectivity index (χ0v) is 24.1. The number of aromatic amines is 1. The van der Waals surface area contributed by atoms with Crippen LogP contribution >= 0.6 is 0 Å². The fourth-order valence-corrected chi connectivity index (χ4v) is 5.38. The van der Waals surface area contributed by atoms with Gasteiger partial charge in [-0.3, -0.25) is 10.1 Å². The fraction of sp³-hybridized carbons (Fsp3) is 0.290. The number of H-pyrrole nitrogens is 1. The maximum absolute atomic E-state index is 14.8. The number of anilines is 2. The summed E-state index contributed by atoms with van der Waals surface area (Å²) in [5.41, 5.74) is 2.76. The molecule has 2 aromatic carbocycles. The monoisotopic (exact) mass is 609 g/mol. The number of aromatic nitrogens is 3. The molecule has 2 aromatic heterocycles. The van der Waals surface area contributed by atoms with Crippen molar-refractivity contribution in [3.05, 3.63) is 83.0 Å².